The van der Waals surface area contributed by atoms with E-state index in [-0.39, 0.29) is 12.2 Å². The van der Waals surface area contributed by atoms with Gasteiger partial charge in [-0.1, -0.05) is 18.5 Å². The first-order chi connectivity index (χ1) is 9.10. The molecule has 1 aromatic carbocycles. The smallest absolute Gasteiger partial charge is 0.258 e. The van der Waals surface area contributed by atoms with Crippen LogP contribution in [0.15, 0.2) is 23.0 Å². The summed E-state index contributed by atoms with van der Waals surface area (Å²) in [4.78, 5) is 12.2. The molecule has 0 spiro atoms. The first kappa shape index (κ1) is 13.9. The largest absolute Gasteiger partial charge is 0.491 e. The van der Waals surface area contributed by atoms with Gasteiger partial charge >= 0.3 is 0 Å². The van der Waals surface area contributed by atoms with Crippen LogP contribution in [0.25, 0.3) is 10.8 Å². The number of fused-ring (bicyclic) bond motifs is 1. The third-order valence-electron chi connectivity index (χ3n) is 3.03. The van der Waals surface area contributed by atoms with E-state index in [0.717, 1.165) is 6.42 Å². The molecule has 19 heavy (non-hydrogen) atoms. The summed E-state index contributed by atoms with van der Waals surface area (Å²) in [5, 5.41) is 11.2. The van der Waals surface area contributed by atoms with Crippen LogP contribution in [0.3, 0.4) is 0 Å². The molecule has 4 nitrogen and oxygen atoms in total. The number of aliphatic hydroxyl groups is 1. The zero-order valence-electron chi connectivity index (χ0n) is 10.9. The number of benzene rings is 1. The molecule has 0 unspecified atom stereocenters. The average molecular weight is 282 g/mol. The predicted octanol–water partition coefficient (Wildman–Crippen LogP) is 2.47. The quantitative estimate of drug-likeness (QED) is 0.937. The Labute approximate surface area is 116 Å². The van der Waals surface area contributed by atoms with Crippen molar-refractivity contribution in [2.24, 2.45) is 7.05 Å². The number of hydrogen-bond acceptors (Lipinski definition) is 3. The van der Waals surface area contributed by atoms with Crippen LogP contribution < -0.4 is 10.3 Å². The number of halogens is 1. The number of aromatic nitrogens is 1. The SMILES string of the molecule is CCCOc1c(CO)n(C)c(=O)c2ccc(Cl)cc12. The zero-order chi connectivity index (χ0) is 14.0. The van der Waals surface area contributed by atoms with Crippen molar-refractivity contribution in [3.8, 4) is 5.75 Å². The normalized spacial score (nSPS) is 10.9. The van der Waals surface area contributed by atoms with Gasteiger partial charge in [0.15, 0.2) is 0 Å². The monoisotopic (exact) mass is 281 g/mol. The fourth-order valence-corrected chi connectivity index (χ4v) is 2.22. The van der Waals surface area contributed by atoms with Gasteiger partial charge in [0.05, 0.1) is 24.3 Å². The Morgan fingerprint density at radius 2 is 2.11 bits per heavy atom. The predicted molar refractivity (Wildman–Crippen MR) is 75.9 cm³/mol. The van der Waals surface area contributed by atoms with Crippen LogP contribution in [0.2, 0.25) is 5.02 Å². The van der Waals surface area contributed by atoms with Crippen molar-refractivity contribution < 1.29 is 9.84 Å². The summed E-state index contributed by atoms with van der Waals surface area (Å²) in [6.07, 6.45) is 0.843. The number of aliphatic hydroxyl groups excluding tert-OH is 1. The Hall–Kier alpha value is -1.52. The van der Waals surface area contributed by atoms with E-state index < -0.39 is 0 Å². The molecular formula is C14H16ClNO3. The molecule has 0 saturated carbocycles. The van der Waals surface area contributed by atoms with Crippen molar-refractivity contribution in [3.63, 3.8) is 0 Å². The molecular weight excluding hydrogens is 266 g/mol. The second kappa shape index (κ2) is 5.63. The summed E-state index contributed by atoms with van der Waals surface area (Å²) in [6, 6.07) is 5.05. The molecule has 0 aliphatic heterocycles. The van der Waals surface area contributed by atoms with Gasteiger partial charge in [-0.2, -0.15) is 0 Å². The summed E-state index contributed by atoms with van der Waals surface area (Å²) in [7, 11) is 1.63. The van der Waals surface area contributed by atoms with Crippen molar-refractivity contribution in [1.82, 2.24) is 4.57 Å². The first-order valence-electron chi connectivity index (χ1n) is 6.15. The van der Waals surface area contributed by atoms with Gasteiger partial charge < -0.3 is 14.4 Å². The van der Waals surface area contributed by atoms with E-state index in [0.29, 0.717) is 33.8 Å². The molecule has 0 saturated heterocycles. The van der Waals surface area contributed by atoms with Gasteiger partial charge in [-0.25, -0.2) is 0 Å². The molecule has 0 aliphatic carbocycles. The summed E-state index contributed by atoms with van der Waals surface area (Å²) >= 11 is 5.99. The van der Waals surface area contributed by atoms with Crippen molar-refractivity contribution in [3.05, 3.63) is 39.3 Å². The molecule has 1 aromatic heterocycles. The third kappa shape index (κ3) is 2.46. The summed E-state index contributed by atoms with van der Waals surface area (Å²) in [5.74, 6) is 0.531. The van der Waals surface area contributed by atoms with Crippen LogP contribution in [0, 0.1) is 0 Å². The van der Waals surface area contributed by atoms with Crippen LogP contribution in [-0.4, -0.2) is 16.3 Å². The molecule has 0 atom stereocenters. The maximum atomic E-state index is 12.2. The number of pyridine rings is 1. The lowest BCUT2D eigenvalue weighted by Crippen LogP contribution is -2.22. The van der Waals surface area contributed by atoms with Gasteiger partial charge in [-0.05, 0) is 24.6 Å². The Morgan fingerprint density at radius 1 is 1.37 bits per heavy atom. The highest BCUT2D eigenvalue weighted by atomic mass is 35.5. The molecule has 1 heterocycles. The minimum absolute atomic E-state index is 0.167. The Kier molecular flexibility index (Phi) is 4.12. The van der Waals surface area contributed by atoms with Crippen molar-refractivity contribution >= 4 is 22.4 Å². The standard InChI is InChI=1S/C14H16ClNO3/c1-3-6-19-13-11-7-9(15)4-5-10(11)14(18)16(2)12(13)8-17/h4-5,7,17H,3,6,8H2,1-2H3. The highest BCUT2D eigenvalue weighted by molar-refractivity contribution is 6.31. The summed E-state index contributed by atoms with van der Waals surface area (Å²) < 4.78 is 7.12. The highest BCUT2D eigenvalue weighted by Gasteiger charge is 2.15. The average Bonchev–Trinajstić information content (AvgIpc) is 2.41. The van der Waals surface area contributed by atoms with E-state index in [1.54, 1.807) is 25.2 Å². The van der Waals surface area contributed by atoms with Crippen LogP contribution in [0.4, 0.5) is 0 Å². The van der Waals surface area contributed by atoms with Gasteiger partial charge in [0, 0.05) is 17.5 Å². The molecule has 1 N–H and O–H groups in total. The lowest BCUT2D eigenvalue weighted by atomic mass is 10.1. The Balaban J connectivity index is 2.82. The zero-order valence-corrected chi connectivity index (χ0v) is 11.7. The van der Waals surface area contributed by atoms with E-state index in [9.17, 15) is 9.90 Å². The number of ether oxygens (including phenoxy) is 1. The van der Waals surface area contributed by atoms with E-state index in [1.165, 1.54) is 4.57 Å². The van der Waals surface area contributed by atoms with Crippen LogP contribution in [-0.2, 0) is 13.7 Å². The van der Waals surface area contributed by atoms with Gasteiger partial charge in [0.2, 0.25) is 0 Å². The molecule has 0 amide bonds. The highest BCUT2D eigenvalue weighted by Crippen LogP contribution is 2.29. The molecule has 0 aliphatic rings. The van der Waals surface area contributed by atoms with Crippen LogP contribution in [0.5, 0.6) is 5.75 Å². The molecule has 0 bridgehead atoms. The van der Waals surface area contributed by atoms with E-state index in [2.05, 4.69) is 0 Å². The maximum Gasteiger partial charge on any atom is 0.258 e. The number of nitrogens with zero attached hydrogens (tertiary/aromatic N) is 1. The number of hydrogen-bond donors (Lipinski definition) is 1. The molecule has 2 rings (SSSR count). The van der Waals surface area contributed by atoms with Crippen LogP contribution >= 0.6 is 11.6 Å². The van der Waals surface area contributed by atoms with Gasteiger partial charge in [0.1, 0.15) is 5.75 Å². The fourth-order valence-electron chi connectivity index (χ4n) is 2.04. The van der Waals surface area contributed by atoms with Crippen molar-refractivity contribution in [2.45, 2.75) is 20.0 Å². The topological polar surface area (TPSA) is 51.5 Å². The lowest BCUT2D eigenvalue weighted by molar-refractivity contribution is 0.252. The Morgan fingerprint density at radius 3 is 2.74 bits per heavy atom. The lowest BCUT2D eigenvalue weighted by Gasteiger charge is -2.16. The second-order valence-corrected chi connectivity index (χ2v) is 4.77. The molecule has 5 heteroatoms. The molecule has 2 aromatic rings. The minimum atomic E-state index is -0.257. The third-order valence-corrected chi connectivity index (χ3v) is 3.26. The van der Waals surface area contributed by atoms with E-state index >= 15 is 0 Å². The van der Waals surface area contributed by atoms with Gasteiger partial charge in [0.25, 0.3) is 5.56 Å². The van der Waals surface area contributed by atoms with Gasteiger partial charge in [-0.15, -0.1) is 0 Å². The molecule has 0 radical (unpaired) electrons. The second-order valence-electron chi connectivity index (χ2n) is 4.34. The van der Waals surface area contributed by atoms with Crippen molar-refractivity contribution in [2.75, 3.05) is 6.61 Å². The molecule has 102 valence electrons. The van der Waals surface area contributed by atoms with Gasteiger partial charge in [-0.3, -0.25) is 4.79 Å². The van der Waals surface area contributed by atoms with Crippen LogP contribution in [0.1, 0.15) is 19.0 Å². The Bertz CT molecular complexity index is 664. The summed E-state index contributed by atoms with van der Waals surface area (Å²) in [6.45, 7) is 2.26. The fraction of sp³-hybridized carbons (Fsp3) is 0.357. The maximum absolute atomic E-state index is 12.2. The van der Waals surface area contributed by atoms with E-state index in [4.69, 9.17) is 16.3 Å². The van der Waals surface area contributed by atoms with Crippen molar-refractivity contribution in [1.29, 1.82) is 0 Å². The van der Waals surface area contributed by atoms with E-state index in [1.807, 2.05) is 6.92 Å². The summed E-state index contributed by atoms with van der Waals surface area (Å²) in [5.41, 5.74) is 0.299. The number of rotatable bonds is 4. The molecule has 0 fully saturated rings. The first-order valence-corrected chi connectivity index (χ1v) is 6.52. The minimum Gasteiger partial charge on any atom is -0.491 e.